The van der Waals surface area contributed by atoms with Gasteiger partial charge in [-0.05, 0) is 23.8 Å². The van der Waals surface area contributed by atoms with E-state index in [0.717, 1.165) is 11.5 Å². The predicted molar refractivity (Wildman–Crippen MR) is 74.3 cm³/mol. The number of nitrogens with zero attached hydrogens (tertiary/aromatic N) is 3. The number of aromatic nitrogens is 3. The summed E-state index contributed by atoms with van der Waals surface area (Å²) in [4.78, 5) is 3.88. The van der Waals surface area contributed by atoms with Gasteiger partial charge in [0, 0.05) is 5.56 Å². The SMILES string of the molecule is Fc1ccc([C](Cn2cncn2)c2ccccc2F)cc1. The molecule has 0 saturated heterocycles. The fourth-order valence-corrected chi connectivity index (χ4v) is 2.17. The normalized spacial score (nSPS) is 11.0. The van der Waals surface area contributed by atoms with Crippen molar-refractivity contribution in [3.05, 3.63) is 89.9 Å². The van der Waals surface area contributed by atoms with Crippen LogP contribution in [0.15, 0.2) is 61.2 Å². The summed E-state index contributed by atoms with van der Waals surface area (Å²) in [6.45, 7) is 0.354. The van der Waals surface area contributed by atoms with E-state index in [9.17, 15) is 8.78 Å². The molecule has 0 atom stereocenters. The molecule has 0 N–H and O–H groups in total. The minimum atomic E-state index is -0.326. The van der Waals surface area contributed by atoms with E-state index in [0.29, 0.717) is 12.1 Å². The van der Waals surface area contributed by atoms with Crippen LogP contribution >= 0.6 is 0 Å². The first kappa shape index (κ1) is 13.4. The van der Waals surface area contributed by atoms with Crippen LogP contribution in [0, 0.1) is 17.6 Å². The van der Waals surface area contributed by atoms with Gasteiger partial charge in [0.2, 0.25) is 0 Å². The topological polar surface area (TPSA) is 30.7 Å². The van der Waals surface area contributed by atoms with Crippen molar-refractivity contribution in [1.29, 1.82) is 0 Å². The molecule has 2 aromatic carbocycles. The fourth-order valence-electron chi connectivity index (χ4n) is 2.17. The average Bonchev–Trinajstić information content (AvgIpc) is 3.00. The molecule has 0 amide bonds. The molecule has 1 radical (unpaired) electrons. The highest BCUT2D eigenvalue weighted by Gasteiger charge is 2.19. The van der Waals surface area contributed by atoms with E-state index in [2.05, 4.69) is 10.1 Å². The third-order valence-corrected chi connectivity index (χ3v) is 3.18. The Morgan fingerprint density at radius 1 is 1.00 bits per heavy atom. The molecule has 21 heavy (non-hydrogen) atoms. The van der Waals surface area contributed by atoms with Crippen LogP contribution < -0.4 is 0 Å². The summed E-state index contributed by atoms with van der Waals surface area (Å²) in [5.41, 5.74) is 1.22. The third kappa shape index (κ3) is 2.97. The maximum Gasteiger partial charge on any atom is 0.137 e. The molecule has 1 aromatic heterocycles. The van der Waals surface area contributed by atoms with E-state index in [-0.39, 0.29) is 11.6 Å². The lowest BCUT2D eigenvalue weighted by atomic mass is 9.91. The molecule has 0 bridgehead atoms. The summed E-state index contributed by atoms with van der Waals surface area (Å²) in [5.74, 6) is 0.0722. The second kappa shape index (κ2) is 5.83. The van der Waals surface area contributed by atoms with Gasteiger partial charge in [0.15, 0.2) is 0 Å². The van der Waals surface area contributed by atoms with Crippen molar-refractivity contribution in [2.24, 2.45) is 0 Å². The van der Waals surface area contributed by atoms with E-state index in [4.69, 9.17) is 0 Å². The molecule has 0 aliphatic rings. The Bertz CT molecular complexity index is 709. The van der Waals surface area contributed by atoms with E-state index in [1.807, 2.05) is 0 Å². The zero-order valence-corrected chi connectivity index (χ0v) is 11.1. The molecule has 0 aliphatic carbocycles. The fraction of sp³-hybridized carbons (Fsp3) is 0.0625. The zero-order chi connectivity index (χ0) is 14.7. The first-order chi connectivity index (χ1) is 10.2. The minimum absolute atomic E-state index is 0.322. The van der Waals surface area contributed by atoms with Gasteiger partial charge in [0.05, 0.1) is 12.5 Å². The van der Waals surface area contributed by atoms with Crippen molar-refractivity contribution in [3.8, 4) is 0 Å². The second-order valence-electron chi connectivity index (χ2n) is 4.56. The van der Waals surface area contributed by atoms with Crippen LogP contribution in [0.1, 0.15) is 11.1 Å². The van der Waals surface area contributed by atoms with E-state index >= 15 is 0 Å². The van der Waals surface area contributed by atoms with Gasteiger partial charge >= 0.3 is 0 Å². The summed E-state index contributed by atoms with van der Waals surface area (Å²) in [6, 6.07) is 12.5. The maximum absolute atomic E-state index is 14.1. The Morgan fingerprint density at radius 3 is 2.43 bits per heavy atom. The Kier molecular flexibility index (Phi) is 3.73. The van der Waals surface area contributed by atoms with Gasteiger partial charge in [-0.1, -0.05) is 30.3 Å². The zero-order valence-electron chi connectivity index (χ0n) is 11.1. The average molecular weight is 284 g/mol. The second-order valence-corrected chi connectivity index (χ2v) is 4.56. The first-order valence-corrected chi connectivity index (χ1v) is 6.43. The van der Waals surface area contributed by atoms with Gasteiger partial charge in [-0.2, -0.15) is 5.10 Å². The Hall–Kier alpha value is -2.56. The molecular formula is C16H12F2N3. The van der Waals surface area contributed by atoms with Crippen molar-refractivity contribution < 1.29 is 8.78 Å². The summed E-state index contributed by atoms with van der Waals surface area (Å²) in [5, 5.41) is 4.04. The van der Waals surface area contributed by atoms with Crippen LogP contribution in [0.4, 0.5) is 8.78 Å². The molecule has 0 aliphatic heterocycles. The number of hydrogen-bond donors (Lipinski definition) is 0. The molecule has 3 aromatic rings. The van der Waals surface area contributed by atoms with Gasteiger partial charge in [0.1, 0.15) is 24.3 Å². The standard InChI is InChI=1S/C16H12F2N3/c17-13-7-5-12(6-8-13)15(9-21-11-19-10-20-21)14-3-1-2-4-16(14)18/h1-8,10-11H,9H2. The van der Waals surface area contributed by atoms with Gasteiger partial charge in [-0.25, -0.2) is 13.8 Å². The molecule has 0 fully saturated rings. The van der Waals surface area contributed by atoms with Gasteiger partial charge < -0.3 is 0 Å². The van der Waals surface area contributed by atoms with E-state index in [1.165, 1.54) is 24.5 Å². The first-order valence-electron chi connectivity index (χ1n) is 6.43. The lowest BCUT2D eigenvalue weighted by Gasteiger charge is -2.17. The van der Waals surface area contributed by atoms with Crippen molar-refractivity contribution in [1.82, 2.24) is 14.8 Å². The highest BCUT2D eigenvalue weighted by atomic mass is 19.1. The van der Waals surface area contributed by atoms with Crippen LogP contribution in [-0.2, 0) is 6.54 Å². The Balaban J connectivity index is 2.02. The Labute approximate surface area is 120 Å². The predicted octanol–water partition coefficient (Wildman–Crippen LogP) is 3.23. The lowest BCUT2D eigenvalue weighted by Crippen LogP contribution is -2.13. The van der Waals surface area contributed by atoms with Crippen LogP contribution in [0.2, 0.25) is 0 Å². The van der Waals surface area contributed by atoms with Crippen molar-refractivity contribution in [3.63, 3.8) is 0 Å². The number of hydrogen-bond acceptors (Lipinski definition) is 2. The molecule has 0 spiro atoms. The van der Waals surface area contributed by atoms with Gasteiger partial charge in [-0.3, -0.25) is 4.68 Å². The third-order valence-electron chi connectivity index (χ3n) is 3.18. The van der Waals surface area contributed by atoms with E-state index < -0.39 is 0 Å². The quantitative estimate of drug-likeness (QED) is 0.736. The van der Waals surface area contributed by atoms with Crippen LogP contribution in [-0.4, -0.2) is 14.8 Å². The monoisotopic (exact) mass is 284 g/mol. The molecular weight excluding hydrogens is 272 g/mol. The molecule has 3 rings (SSSR count). The molecule has 0 saturated carbocycles. The molecule has 5 heteroatoms. The van der Waals surface area contributed by atoms with Crippen LogP contribution in [0.3, 0.4) is 0 Å². The van der Waals surface area contributed by atoms with E-state index in [1.54, 1.807) is 41.3 Å². The smallest absolute Gasteiger partial charge is 0.137 e. The highest BCUT2D eigenvalue weighted by Crippen LogP contribution is 2.27. The summed E-state index contributed by atoms with van der Waals surface area (Å²) in [6.07, 6.45) is 2.98. The van der Waals surface area contributed by atoms with Gasteiger partial charge in [-0.15, -0.1) is 0 Å². The number of halogens is 2. The van der Waals surface area contributed by atoms with Crippen molar-refractivity contribution >= 4 is 0 Å². The lowest BCUT2D eigenvalue weighted by molar-refractivity contribution is 0.594. The van der Waals surface area contributed by atoms with Crippen molar-refractivity contribution in [2.75, 3.05) is 0 Å². The molecule has 105 valence electrons. The number of rotatable bonds is 4. The highest BCUT2D eigenvalue weighted by molar-refractivity contribution is 5.46. The molecule has 1 heterocycles. The molecule has 0 unspecified atom stereocenters. The number of benzene rings is 2. The largest absolute Gasteiger partial charge is 0.252 e. The minimum Gasteiger partial charge on any atom is -0.252 e. The summed E-state index contributed by atoms with van der Waals surface area (Å²) < 4.78 is 28.8. The van der Waals surface area contributed by atoms with Crippen LogP contribution in [0.25, 0.3) is 0 Å². The summed E-state index contributed by atoms with van der Waals surface area (Å²) in [7, 11) is 0. The summed E-state index contributed by atoms with van der Waals surface area (Å²) >= 11 is 0. The molecule has 3 nitrogen and oxygen atoms in total. The van der Waals surface area contributed by atoms with Crippen molar-refractivity contribution in [2.45, 2.75) is 6.54 Å². The maximum atomic E-state index is 14.1. The van der Waals surface area contributed by atoms with Crippen LogP contribution in [0.5, 0.6) is 0 Å². The van der Waals surface area contributed by atoms with Gasteiger partial charge in [0.25, 0.3) is 0 Å². The Morgan fingerprint density at radius 2 is 1.76 bits per heavy atom.